The predicted molar refractivity (Wildman–Crippen MR) is 136 cm³/mol. The summed E-state index contributed by atoms with van der Waals surface area (Å²) in [6.07, 6.45) is 4.40. The zero-order valence-electron chi connectivity index (χ0n) is 20.8. The van der Waals surface area contributed by atoms with E-state index < -0.39 is 5.92 Å². The van der Waals surface area contributed by atoms with Gasteiger partial charge in [-0.1, -0.05) is 13.8 Å². The van der Waals surface area contributed by atoms with E-state index in [-0.39, 0.29) is 17.1 Å². The number of benzene rings is 1. The van der Waals surface area contributed by atoms with Crippen LogP contribution in [0.5, 0.6) is 11.5 Å². The second-order valence-corrected chi connectivity index (χ2v) is 11.1. The number of nitrogens with zero attached hydrogens (tertiary/aromatic N) is 1. The fraction of sp³-hybridized carbons (Fsp3) is 0.556. The molecule has 184 valence electrons. The van der Waals surface area contributed by atoms with Gasteiger partial charge < -0.3 is 19.7 Å². The van der Waals surface area contributed by atoms with Crippen molar-refractivity contribution in [1.82, 2.24) is 10.2 Å². The largest absolute Gasteiger partial charge is 0.492 e. The van der Waals surface area contributed by atoms with Gasteiger partial charge >= 0.3 is 0 Å². The summed E-state index contributed by atoms with van der Waals surface area (Å²) in [7, 11) is 1.61. The van der Waals surface area contributed by atoms with E-state index >= 15 is 0 Å². The fourth-order valence-corrected chi connectivity index (χ4v) is 6.16. The topological polar surface area (TPSA) is 67.9 Å². The Morgan fingerprint density at radius 3 is 2.56 bits per heavy atom. The van der Waals surface area contributed by atoms with Gasteiger partial charge in [0, 0.05) is 48.0 Å². The van der Waals surface area contributed by atoms with Gasteiger partial charge in [0.2, 0.25) is 0 Å². The first-order valence-corrected chi connectivity index (χ1v) is 13.0. The minimum absolute atomic E-state index is 0.0174. The van der Waals surface area contributed by atoms with Crippen molar-refractivity contribution in [2.24, 2.45) is 5.41 Å². The number of amides is 1. The number of halogens is 1. The summed E-state index contributed by atoms with van der Waals surface area (Å²) in [5, 5.41) is 3.47. The van der Waals surface area contributed by atoms with E-state index in [1.807, 2.05) is 30.9 Å². The van der Waals surface area contributed by atoms with Gasteiger partial charge in [0.15, 0.2) is 17.3 Å². The maximum absolute atomic E-state index is 13.9. The Morgan fingerprint density at radius 2 is 1.91 bits per heavy atom. The Bertz CT molecular complexity index is 1070. The van der Waals surface area contributed by atoms with Crippen molar-refractivity contribution in [2.75, 3.05) is 26.8 Å². The number of dihydropyridines is 1. The number of methoxy groups -OCH3 is 1. The first-order chi connectivity index (χ1) is 16.2. The number of allylic oxidation sites excluding steroid dienone is 3. The number of likely N-dealkylation sites (tertiary alicyclic amines) is 1. The van der Waals surface area contributed by atoms with Gasteiger partial charge in [0.05, 0.1) is 18.2 Å². The maximum Gasteiger partial charge on any atom is 0.252 e. The van der Waals surface area contributed by atoms with Gasteiger partial charge in [-0.25, -0.2) is 0 Å². The molecular formula is C27H35BrN2O4. The quantitative estimate of drug-likeness (QED) is 0.546. The van der Waals surface area contributed by atoms with E-state index in [1.54, 1.807) is 7.11 Å². The minimum atomic E-state index is -0.448. The van der Waals surface area contributed by atoms with Crippen LogP contribution in [0.2, 0.25) is 0 Å². The van der Waals surface area contributed by atoms with Crippen LogP contribution in [0.15, 0.2) is 39.1 Å². The average Bonchev–Trinajstić information content (AvgIpc) is 2.77. The molecule has 0 radical (unpaired) electrons. The molecule has 1 amide bonds. The number of hydrogen-bond donors (Lipinski definition) is 1. The van der Waals surface area contributed by atoms with E-state index in [2.05, 4.69) is 35.1 Å². The number of carbonyl (C=O) groups excluding carboxylic acids is 2. The van der Waals surface area contributed by atoms with Crippen LogP contribution in [0.4, 0.5) is 0 Å². The standard InChI is InChI=1S/C27H35BrN2O4/c1-6-34-21-13-17(12-18(28)25(21)33-5)23-22(26(32)30-10-8-7-9-11-30)16(2)29-19-14-27(3,4)15-20(31)24(19)23/h12-13,23,29H,6-11,14-15H2,1-5H3. The lowest BCUT2D eigenvalue weighted by atomic mass is 9.68. The number of rotatable bonds is 5. The Morgan fingerprint density at radius 1 is 1.21 bits per heavy atom. The molecule has 2 aliphatic heterocycles. The summed E-state index contributed by atoms with van der Waals surface area (Å²) in [5.41, 5.74) is 3.87. The van der Waals surface area contributed by atoms with E-state index in [0.29, 0.717) is 35.7 Å². The number of carbonyl (C=O) groups is 2. The zero-order chi connectivity index (χ0) is 24.6. The molecule has 6 nitrogen and oxygen atoms in total. The van der Waals surface area contributed by atoms with E-state index in [0.717, 1.165) is 60.2 Å². The Hall–Kier alpha value is -2.28. The third-order valence-corrected chi connectivity index (χ3v) is 7.57. The van der Waals surface area contributed by atoms with Crippen molar-refractivity contribution in [2.45, 2.75) is 65.7 Å². The van der Waals surface area contributed by atoms with Crippen LogP contribution in [0.1, 0.15) is 71.3 Å². The van der Waals surface area contributed by atoms with Gasteiger partial charge in [0.25, 0.3) is 5.91 Å². The second-order valence-electron chi connectivity index (χ2n) is 10.2. The molecule has 0 aromatic heterocycles. The van der Waals surface area contributed by atoms with Crippen LogP contribution in [0.25, 0.3) is 0 Å². The van der Waals surface area contributed by atoms with Gasteiger partial charge in [-0.05, 0) is 78.6 Å². The third kappa shape index (κ3) is 4.64. The maximum atomic E-state index is 13.9. The number of piperidine rings is 1. The van der Waals surface area contributed by atoms with Gasteiger partial charge in [-0.15, -0.1) is 0 Å². The molecule has 1 aliphatic carbocycles. The van der Waals surface area contributed by atoms with Crippen molar-refractivity contribution in [1.29, 1.82) is 0 Å². The van der Waals surface area contributed by atoms with Gasteiger partial charge in [-0.2, -0.15) is 0 Å². The van der Waals surface area contributed by atoms with Crippen molar-refractivity contribution in [3.05, 3.63) is 44.7 Å². The zero-order valence-corrected chi connectivity index (χ0v) is 22.4. The van der Waals surface area contributed by atoms with Crippen LogP contribution in [0.3, 0.4) is 0 Å². The number of hydrogen-bond acceptors (Lipinski definition) is 5. The number of ether oxygens (including phenoxy) is 2. The molecule has 0 spiro atoms. The average molecular weight is 531 g/mol. The first kappa shape index (κ1) is 24.8. The molecule has 0 bridgehead atoms. The van der Waals surface area contributed by atoms with Crippen molar-refractivity contribution < 1.29 is 19.1 Å². The van der Waals surface area contributed by atoms with Crippen LogP contribution >= 0.6 is 15.9 Å². The second kappa shape index (κ2) is 9.76. The molecule has 7 heteroatoms. The molecule has 1 saturated heterocycles. The molecule has 4 rings (SSSR count). The first-order valence-electron chi connectivity index (χ1n) is 12.2. The summed E-state index contributed by atoms with van der Waals surface area (Å²) in [5.74, 6) is 0.875. The van der Waals surface area contributed by atoms with Crippen LogP contribution in [-0.4, -0.2) is 43.4 Å². The Labute approximate surface area is 210 Å². The molecule has 2 heterocycles. The van der Waals surface area contributed by atoms with E-state index in [4.69, 9.17) is 9.47 Å². The molecule has 1 aromatic carbocycles. The van der Waals surface area contributed by atoms with E-state index in [1.165, 1.54) is 0 Å². The smallest absolute Gasteiger partial charge is 0.252 e. The van der Waals surface area contributed by atoms with Crippen LogP contribution < -0.4 is 14.8 Å². The highest BCUT2D eigenvalue weighted by Gasteiger charge is 2.44. The summed E-state index contributed by atoms with van der Waals surface area (Å²) in [4.78, 5) is 29.4. The SMILES string of the molecule is CCOc1cc(C2C(C(=O)N3CCCCC3)=C(C)NC3=C2C(=O)CC(C)(C)C3)cc(Br)c1OC. The molecule has 1 fully saturated rings. The number of Topliss-reactive ketones (excluding diaryl/α,β-unsaturated/α-hetero) is 1. The highest BCUT2D eigenvalue weighted by molar-refractivity contribution is 9.10. The molecule has 1 atom stereocenters. The molecule has 34 heavy (non-hydrogen) atoms. The molecular weight excluding hydrogens is 496 g/mol. The molecule has 1 N–H and O–H groups in total. The van der Waals surface area contributed by atoms with Gasteiger partial charge in [0.1, 0.15) is 0 Å². The van der Waals surface area contributed by atoms with Gasteiger partial charge in [-0.3, -0.25) is 9.59 Å². The lowest BCUT2D eigenvalue weighted by molar-refractivity contribution is -0.128. The van der Waals surface area contributed by atoms with Crippen molar-refractivity contribution in [3.63, 3.8) is 0 Å². The van der Waals surface area contributed by atoms with Crippen LogP contribution in [-0.2, 0) is 9.59 Å². The lowest BCUT2D eigenvalue weighted by Gasteiger charge is -2.41. The highest BCUT2D eigenvalue weighted by atomic mass is 79.9. The number of ketones is 1. The normalized spacial score (nSPS) is 22.4. The lowest BCUT2D eigenvalue weighted by Crippen LogP contribution is -2.43. The highest BCUT2D eigenvalue weighted by Crippen LogP contribution is 2.49. The van der Waals surface area contributed by atoms with E-state index in [9.17, 15) is 9.59 Å². The Kier molecular flexibility index (Phi) is 7.13. The summed E-state index contributed by atoms with van der Waals surface area (Å²) >= 11 is 3.63. The number of nitrogens with one attached hydrogen (secondary N) is 1. The fourth-order valence-electron chi connectivity index (χ4n) is 5.54. The third-order valence-electron chi connectivity index (χ3n) is 6.98. The summed E-state index contributed by atoms with van der Waals surface area (Å²) in [6.45, 7) is 10.1. The van der Waals surface area contributed by atoms with Crippen molar-refractivity contribution in [3.8, 4) is 11.5 Å². The summed E-state index contributed by atoms with van der Waals surface area (Å²) in [6, 6.07) is 3.89. The monoisotopic (exact) mass is 530 g/mol. The Balaban J connectivity index is 1.89. The molecule has 1 aromatic rings. The van der Waals surface area contributed by atoms with Crippen molar-refractivity contribution >= 4 is 27.6 Å². The van der Waals surface area contributed by atoms with Crippen LogP contribution in [0, 0.1) is 5.41 Å². The minimum Gasteiger partial charge on any atom is -0.492 e. The predicted octanol–water partition coefficient (Wildman–Crippen LogP) is 5.47. The molecule has 1 unspecified atom stereocenters. The summed E-state index contributed by atoms with van der Waals surface area (Å²) < 4.78 is 12.2. The molecule has 3 aliphatic rings. The molecule has 0 saturated carbocycles.